The van der Waals surface area contributed by atoms with Crippen LogP contribution in [0.3, 0.4) is 0 Å². The molecule has 0 aliphatic carbocycles. The summed E-state index contributed by atoms with van der Waals surface area (Å²) in [4.78, 5) is 12.2. The number of aryl methyl sites for hydroxylation is 1. The molecule has 0 spiro atoms. The predicted octanol–water partition coefficient (Wildman–Crippen LogP) is 5.68. The van der Waals surface area contributed by atoms with Crippen molar-refractivity contribution >= 4 is 17.6 Å². The van der Waals surface area contributed by atoms with Crippen molar-refractivity contribution in [3.05, 3.63) is 88.4 Å². The van der Waals surface area contributed by atoms with Crippen LogP contribution in [0.1, 0.15) is 21.5 Å². The molecule has 0 saturated heterocycles. The Morgan fingerprint density at radius 3 is 2.46 bits per heavy atom. The number of carbonyl (C=O) groups is 1. The van der Waals surface area contributed by atoms with Gasteiger partial charge >= 0.3 is 5.97 Å². The zero-order valence-electron chi connectivity index (χ0n) is 14.7. The average molecular weight is 367 g/mol. The van der Waals surface area contributed by atoms with E-state index in [0.717, 1.165) is 22.3 Å². The molecule has 0 aliphatic heterocycles. The number of benzene rings is 3. The van der Waals surface area contributed by atoms with Crippen LogP contribution in [0.25, 0.3) is 11.1 Å². The topological polar surface area (TPSA) is 35.5 Å². The van der Waals surface area contributed by atoms with Crippen molar-refractivity contribution in [2.24, 2.45) is 0 Å². The number of halogens is 1. The van der Waals surface area contributed by atoms with Crippen LogP contribution in [-0.2, 0) is 11.3 Å². The summed E-state index contributed by atoms with van der Waals surface area (Å²) in [5.41, 5.74) is 4.17. The van der Waals surface area contributed by atoms with Crippen LogP contribution < -0.4 is 4.74 Å². The van der Waals surface area contributed by atoms with Crippen molar-refractivity contribution in [3.63, 3.8) is 0 Å². The molecule has 0 heterocycles. The third-order valence-corrected chi connectivity index (χ3v) is 4.37. The summed E-state index contributed by atoms with van der Waals surface area (Å²) in [6.45, 7) is 2.35. The number of carbonyl (C=O) groups excluding carboxylic acids is 1. The Kier molecular flexibility index (Phi) is 5.59. The number of hydrogen-bond acceptors (Lipinski definition) is 3. The lowest BCUT2D eigenvalue weighted by molar-refractivity contribution is 0.0595. The molecule has 0 saturated carbocycles. The highest BCUT2D eigenvalue weighted by Crippen LogP contribution is 2.32. The van der Waals surface area contributed by atoms with Gasteiger partial charge in [0.15, 0.2) is 0 Å². The molecule has 3 aromatic rings. The number of rotatable bonds is 5. The van der Waals surface area contributed by atoms with E-state index in [1.165, 1.54) is 7.11 Å². The minimum absolute atomic E-state index is 0.371. The lowest BCUT2D eigenvalue weighted by Crippen LogP contribution is -2.06. The van der Waals surface area contributed by atoms with E-state index in [0.29, 0.717) is 22.9 Å². The normalized spacial score (nSPS) is 10.4. The highest BCUT2D eigenvalue weighted by molar-refractivity contribution is 6.33. The van der Waals surface area contributed by atoms with Crippen LogP contribution >= 0.6 is 11.6 Å². The van der Waals surface area contributed by atoms with Crippen LogP contribution in [0.2, 0.25) is 5.02 Å². The quantitative estimate of drug-likeness (QED) is 0.545. The van der Waals surface area contributed by atoms with Crippen molar-refractivity contribution in [3.8, 4) is 16.9 Å². The minimum Gasteiger partial charge on any atom is -0.488 e. The predicted molar refractivity (Wildman–Crippen MR) is 104 cm³/mol. The molecule has 0 N–H and O–H groups in total. The number of methoxy groups -OCH3 is 1. The molecule has 3 rings (SSSR count). The van der Waals surface area contributed by atoms with E-state index in [1.54, 1.807) is 12.1 Å². The summed E-state index contributed by atoms with van der Waals surface area (Å²) >= 11 is 6.36. The summed E-state index contributed by atoms with van der Waals surface area (Å²) in [7, 11) is 1.36. The summed E-state index contributed by atoms with van der Waals surface area (Å²) < 4.78 is 10.8. The van der Waals surface area contributed by atoms with Gasteiger partial charge in [0.1, 0.15) is 17.9 Å². The monoisotopic (exact) mass is 366 g/mol. The van der Waals surface area contributed by atoms with E-state index >= 15 is 0 Å². The second-order valence-corrected chi connectivity index (χ2v) is 6.37. The number of esters is 1. The van der Waals surface area contributed by atoms with Crippen LogP contribution in [-0.4, -0.2) is 13.1 Å². The minimum atomic E-state index is -0.446. The van der Waals surface area contributed by atoms with E-state index < -0.39 is 5.97 Å². The first-order valence-electron chi connectivity index (χ1n) is 8.24. The van der Waals surface area contributed by atoms with Gasteiger partial charge in [0.05, 0.1) is 7.11 Å². The van der Waals surface area contributed by atoms with Crippen molar-refractivity contribution in [2.45, 2.75) is 13.5 Å². The first-order valence-corrected chi connectivity index (χ1v) is 8.62. The lowest BCUT2D eigenvalue weighted by atomic mass is 10.0. The lowest BCUT2D eigenvalue weighted by Gasteiger charge is -2.13. The molecule has 132 valence electrons. The van der Waals surface area contributed by atoms with E-state index in [1.807, 2.05) is 61.5 Å². The van der Waals surface area contributed by atoms with Gasteiger partial charge in [0.25, 0.3) is 0 Å². The molecule has 4 heteroatoms. The number of ether oxygens (including phenoxy) is 2. The first kappa shape index (κ1) is 18.0. The molecule has 0 amide bonds. The average Bonchev–Trinajstić information content (AvgIpc) is 2.66. The SMILES string of the molecule is COC(=O)c1cc(-c2ccc(C)cc2Cl)ccc1OCc1ccccc1. The summed E-state index contributed by atoms with van der Waals surface area (Å²) in [6.07, 6.45) is 0. The molecule has 26 heavy (non-hydrogen) atoms. The van der Waals surface area contributed by atoms with E-state index in [4.69, 9.17) is 21.1 Å². The highest BCUT2D eigenvalue weighted by Gasteiger charge is 2.16. The van der Waals surface area contributed by atoms with Crippen molar-refractivity contribution in [2.75, 3.05) is 7.11 Å². The Bertz CT molecular complexity index is 920. The molecular formula is C22H19ClO3. The molecule has 0 bridgehead atoms. The standard InChI is InChI=1S/C22H19ClO3/c1-15-8-10-18(20(23)12-15)17-9-11-21(19(13-17)22(24)25-2)26-14-16-6-4-3-5-7-16/h3-13H,14H2,1-2H3. The third kappa shape index (κ3) is 4.06. The van der Waals surface area contributed by atoms with Gasteiger partial charge < -0.3 is 9.47 Å². The van der Waals surface area contributed by atoms with Crippen molar-refractivity contribution in [1.29, 1.82) is 0 Å². The van der Waals surface area contributed by atoms with Gasteiger partial charge in [0, 0.05) is 10.6 Å². The molecule has 0 radical (unpaired) electrons. The van der Waals surface area contributed by atoms with E-state index in [2.05, 4.69) is 0 Å². The van der Waals surface area contributed by atoms with Crippen LogP contribution in [0.4, 0.5) is 0 Å². The molecule has 0 atom stereocenters. The van der Waals surface area contributed by atoms with Gasteiger partial charge in [-0.25, -0.2) is 4.79 Å². The van der Waals surface area contributed by atoms with Gasteiger partial charge in [-0.1, -0.05) is 60.1 Å². The molecule has 0 fully saturated rings. The van der Waals surface area contributed by atoms with E-state index in [9.17, 15) is 4.79 Å². The van der Waals surface area contributed by atoms with Crippen molar-refractivity contribution in [1.82, 2.24) is 0 Å². The number of hydrogen-bond donors (Lipinski definition) is 0. The van der Waals surface area contributed by atoms with E-state index in [-0.39, 0.29) is 0 Å². The Balaban J connectivity index is 1.94. The zero-order valence-corrected chi connectivity index (χ0v) is 15.4. The molecule has 3 aromatic carbocycles. The van der Waals surface area contributed by atoms with Gasteiger partial charge in [-0.15, -0.1) is 0 Å². The summed E-state index contributed by atoms with van der Waals surface area (Å²) in [5.74, 6) is 0.0332. The Hall–Kier alpha value is -2.78. The molecular weight excluding hydrogens is 348 g/mol. The second-order valence-electron chi connectivity index (χ2n) is 5.96. The Labute approximate surface area is 158 Å². The van der Waals surface area contributed by atoms with Crippen LogP contribution in [0.5, 0.6) is 5.75 Å². The van der Waals surface area contributed by atoms with Crippen molar-refractivity contribution < 1.29 is 14.3 Å². The Morgan fingerprint density at radius 2 is 1.77 bits per heavy atom. The maximum atomic E-state index is 12.2. The second kappa shape index (κ2) is 8.07. The largest absolute Gasteiger partial charge is 0.488 e. The molecule has 0 aromatic heterocycles. The van der Waals surface area contributed by atoms with Gasteiger partial charge in [-0.05, 0) is 41.8 Å². The fourth-order valence-electron chi connectivity index (χ4n) is 2.68. The highest BCUT2D eigenvalue weighted by atomic mass is 35.5. The zero-order chi connectivity index (χ0) is 18.5. The summed E-state index contributed by atoms with van der Waals surface area (Å²) in [6, 6.07) is 21.0. The maximum absolute atomic E-state index is 12.2. The van der Waals surface area contributed by atoms with Crippen LogP contribution in [0.15, 0.2) is 66.7 Å². The Morgan fingerprint density at radius 1 is 1.00 bits per heavy atom. The fourth-order valence-corrected chi connectivity index (χ4v) is 3.03. The van der Waals surface area contributed by atoms with Crippen LogP contribution in [0, 0.1) is 6.92 Å². The van der Waals surface area contributed by atoms with Gasteiger partial charge in [-0.2, -0.15) is 0 Å². The molecule has 0 aliphatic rings. The van der Waals surface area contributed by atoms with Gasteiger partial charge in [0.2, 0.25) is 0 Å². The third-order valence-electron chi connectivity index (χ3n) is 4.06. The maximum Gasteiger partial charge on any atom is 0.341 e. The smallest absolute Gasteiger partial charge is 0.341 e. The van der Waals surface area contributed by atoms with Gasteiger partial charge in [-0.3, -0.25) is 0 Å². The first-order chi connectivity index (χ1) is 12.6. The molecule has 0 unspecified atom stereocenters. The summed E-state index contributed by atoms with van der Waals surface area (Å²) in [5, 5.41) is 0.638. The fraction of sp³-hybridized carbons (Fsp3) is 0.136. The molecule has 3 nitrogen and oxygen atoms in total.